The van der Waals surface area contributed by atoms with E-state index in [-0.39, 0.29) is 13.2 Å². The van der Waals surface area contributed by atoms with Crippen molar-refractivity contribution in [3.63, 3.8) is 0 Å². The Morgan fingerprint density at radius 2 is 1.54 bits per heavy atom. The molecule has 0 radical (unpaired) electrons. The second kappa shape index (κ2) is 13.0. The Kier molecular flexibility index (Phi) is 11.2. The zero-order valence-electron chi connectivity index (χ0n) is 15.3. The molecule has 0 unspecified atom stereocenters. The third-order valence-corrected chi connectivity index (χ3v) is 4.07. The van der Waals surface area contributed by atoms with E-state index in [1.807, 2.05) is 0 Å². The van der Waals surface area contributed by atoms with Crippen molar-refractivity contribution in [3.8, 4) is 0 Å². The smallest absolute Gasteiger partial charge is 0.0805 e. The molecular formula is C20H34N2O2. The maximum absolute atomic E-state index is 8.85. The van der Waals surface area contributed by atoms with E-state index in [0.29, 0.717) is 5.92 Å². The van der Waals surface area contributed by atoms with Crippen LogP contribution in [0.25, 0.3) is 0 Å². The van der Waals surface area contributed by atoms with Crippen molar-refractivity contribution >= 4 is 5.69 Å². The lowest BCUT2D eigenvalue weighted by molar-refractivity contribution is 0.283. The van der Waals surface area contributed by atoms with Gasteiger partial charge in [-0.1, -0.05) is 26.0 Å². The molecule has 0 heterocycles. The molecule has 24 heavy (non-hydrogen) atoms. The van der Waals surface area contributed by atoms with Crippen LogP contribution in [0.15, 0.2) is 29.3 Å². The minimum atomic E-state index is 0.263. The number of nitrogens with zero attached hydrogens (tertiary/aromatic N) is 1. The molecule has 0 bridgehead atoms. The van der Waals surface area contributed by atoms with Crippen molar-refractivity contribution in [1.82, 2.24) is 0 Å². The molecule has 1 rings (SSSR count). The molecule has 0 amide bonds. The van der Waals surface area contributed by atoms with Crippen LogP contribution in [0.4, 0.5) is 5.69 Å². The Balaban J connectivity index is 2.79. The Bertz CT molecular complexity index is 515. The van der Waals surface area contributed by atoms with Gasteiger partial charge in [-0.25, -0.2) is 0 Å². The van der Waals surface area contributed by atoms with Crippen molar-refractivity contribution in [1.29, 1.82) is 0 Å². The minimum Gasteiger partial charge on any atom is -0.396 e. The first-order chi connectivity index (χ1) is 11.7. The van der Waals surface area contributed by atoms with Crippen LogP contribution in [0.3, 0.4) is 0 Å². The van der Waals surface area contributed by atoms with Crippen LogP contribution in [0.2, 0.25) is 0 Å². The van der Waals surface area contributed by atoms with Gasteiger partial charge in [-0.15, -0.1) is 0 Å². The van der Waals surface area contributed by atoms with Crippen molar-refractivity contribution in [3.05, 3.63) is 35.2 Å². The topological polar surface area (TPSA) is 64.8 Å². The molecule has 0 saturated heterocycles. The molecule has 0 saturated carbocycles. The normalized spacial score (nSPS) is 12.0. The summed E-state index contributed by atoms with van der Waals surface area (Å²) in [6.07, 6.45) is 5.82. The maximum atomic E-state index is 8.85. The average Bonchev–Trinajstić information content (AvgIpc) is 2.77. The summed E-state index contributed by atoms with van der Waals surface area (Å²) >= 11 is 0. The fraction of sp³-hybridized carbons (Fsp3) is 0.650. The van der Waals surface area contributed by atoms with Gasteiger partial charge >= 0.3 is 0 Å². The number of unbranched alkanes of at least 4 members (excludes halogenated alkanes) is 4. The Morgan fingerprint density at radius 3 is 2.21 bits per heavy atom. The molecule has 0 aromatic heterocycles. The highest BCUT2D eigenvalue weighted by atomic mass is 16.3. The third kappa shape index (κ3) is 8.46. The van der Waals surface area contributed by atoms with Crippen molar-refractivity contribution in [2.45, 2.75) is 58.3 Å². The van der Waals surface area contributed by atoms with Gasteiger partial charge in [-0.2, -0.15) is 0 Å². The summed E-state index contributed by atoms with van der Waals surface area (Å²) in [5.74, 6) is 0.493. The van der Waals surface area contributed by atoms with Crippen LogP contribution in [0, 0.1) is 0 Å². The van der Waals surface area contributed by atoms with E-state index in [0.717, 1.165) is 62.7 Å². The van der Waals surface area contributed by atoms with Crippen LogP contribution < -0.4 is 10.7 Å². The Hall–Kier alpha value is -1.39. The lowest BCUT2D eigenvalue weighted by atomic mass is 10.1. The van der Waals surface area contributed by atoms with E-state index < -0.39 is 0 Å². The lowest BCUT2D eigenvalue weighted by Crippen LogP contribution is -2.12. The van der Waals surface area contributed by atoms with Gasteiger partial charge in [0.05, 0.1) is 11.0 Å². The zero-order valence-corrected chi connectivity index (χ0v) is 15.3. The number of nitrogens with one attached hydrogen (secondary N) is 1. The third-order valence-electron chi connectivity index (χ3n) is 4.07. The molecule has 0 aliphatic heterocycles. The molecule has 4 heteroatoms. The molecule has 0 atom stereocenters. The van der Waals surface area contributed by atoms with Gasteiger partial charge < -0.3 is 15.5 Å². The fourth-order valence-electron chi connectivity index (χ4n) is 2.49. The van der Waals surface area contributed by atoms with E-state index in [9.17, 15) is 0 Å². The predicted octanol–water partition coefficient (Wildman–Crippen LogP) is 3.45. The van der Waals surface area contributed by atoms with E-state index in [1.165, 1.54) is 5.56 Å². The first-order valence-corrected chi connectivity index (χ1v) is 9.29. The summed E-state index contributed by atoms with van der Waals surface area (Å²) in [6.45, 7) is 6.62. The summed E-state index contributed by atoms with van der Waals surface area (Å²) in [5, 5.41) is 22.2. The van der Waals surface area contributed by atoms with E-state index in [1.54, 1.807) is 0 Å². The van der Waals surface area contributed by atoms with Crippen molar-refractivity contribution < 1.29 is 10.2 Å². The summed E-state index contributed by atoms with van der Waals surface area (Å²) in [5.41, 5.74) is 2.38. The maximum Gasteiger partial charge on any atom is 0.0805 e. The molecule has 1 aromatic rings. The van der Waals surface area contributed by atoms with Crippen LogP contribution in [0.1, 0.15) is 63.9 Å². The molecule has 0 fully saturated rings. The van der Waals surface area contributed by atoms with Crippen LogP contribution in [-0.4, -0.2) is 36.5 Å². The highest BCUT2D eigenvalue weighted by Gasteiger charge is 2.00. The van der Waals surface area contributed by atoms with Gasteiger partial charge in [0, 0.05) is 26.3 Å². The first kappa shape index (κ1) is 20.7. The average molecular weight is 335 g/mol. The fourth-order valence-corrected chi connectivity index (χ4v) is 2.49. The largest absolute Gasteiger partial charge is 0.396 e. The van der Waals surface area contributed by atoms with E-state index in [4.69, 9.17) is 15.2 Å². The Labute approximate surface area is 146 Å². The van der Waals surface area contributed by atoms with Crippen molar-refractivity contribution in [2.75, 3.05) is 31.6 Å². The summed E-state index contributed by atoms with van der Waals surface area (Å²) in [4.78, 5) is 4.75. The van der Waals surface area contributed by atoms with Gasteiger partial charge in [0.25, 0.3) is 0 Å². The molecular weight excluding hydrogens is 300 g/mol. The van der Waals surface area contributed by atoms with Crippen LogP contribution >= 0.6 is 0 Å². The number of hydrogen-bond acceptors (Lipinski definition) is 4. The number of anilines is 1. The standard InChI is InChI=1S/C20H34N2O2/c1-17(2)18-9-11-19(21-13-5-3-7-15-23)20(12-10-18)22-14-6-4-8-16-24/h9-12,17,23-24H,3-8,13-16H2,1-2H3,(H,21,22). The molecule has 1 aromatic carbocycles. The van der Waals surface area contributed by atoms with Crippen LogP contribution in [-0.2, 0) is 0 Å². The van der Waals surface area contributed by atoms with Gasteiger partial charge in [0.1, 0.15) is 0 Å². The highest BCUT2D eigenvalue weighted by molar-refractivity contribution is 5.43. The Morgan fingerprint density at radius 1 is 0.875 bits per heavy atom. The lowest BCUT2D eigenvalue weighted by Gasteiger charge is -2.05. The summed E-state index contributed by atoms with van der Waals surface area (Å²) in [7, 11) is 0. The molecule has 136 valence electrons. The number of rotatable bonds is 12. The second-order valence-electron chi connectivity index (χ2n) is 6.50. The molecule has 0 aliphatic carbocycles. The summed E-state index contributed by atoms with van der Waals surface area (Å²) in [6, 6.07) is 8.57. The summed E-state index contributed by atoms with van der Waals surface area (Å²) < 4.78 is 0. The minimum absolute atomic E-state index is 0.263. The molecule has 0 aliphatic rings. The quantitative estimate of drug-likeness (QED) is 0.513. The number of aliphatic hydroxyl groups excluding tert-OH is 2. The highest BCUT2D eigenvalue weighted by Crippen LogP contribution is 2.13. The zero-order chi connectivity index (χ0) is 17.6. The van der Waals surface area contributed by atoms with Gasteiger partial charge in [-0.3, -0.25) is 4.99 Å². The van der Waals surface area contributed by atoms with E-state index in [2.05, 4.69) is 43.4 Å². The van der Waals surface area contributed by atoms with Crippen LogP contribution in [0.5, 0.6) is 0 Å². The van der Waals surface area contributed by atoms with Crippen molar-refractivity contribution in [2.24, 2.45) is 4.99 Å². The molecule has 3 N–H and O–H groups in total. The monoisotopic (exact) mass is 334 g/mol. The molecule has 4 nitrogen and oxygen atoms in total. The second-order valence-corrected chi connectivity index (χ2v) is 6.50. The predicted molar refractivity (Wildman–Crippen MR) is 101 cm³/mol. The number of aliphatic hydroxyl groups is 2. The number of hydrogen-bond donors (Lipinski definition) is 3. The molecule has 0 spiro atoms. The van der Waals surface area contributed by atoms with Gasteiger partial charge in [0.2, 0.25) is 0 Å². The van der Waals surface area contributed by atoms with Gasteiger partial charge in [-0.05, 0) is 62.1 Å². The van der Waals surface area contributed by atoms with Gasteiger partial charge in [0.15, 0.2) is 0 Å². The SMILES string of the molecule is CC(C)c1ccc(NCCCCCO)c(=NCCCCCO)cc1. The van der Waals surface area contributed by atoms with E-state index >= 15 is 0 Å². The first-order valence-electron chi connectivity index (χ1n) is 9.29.